The zero-order valence-corrected chi connectivity index (χ0v) is 7.19. The van der Waals surface area contributed by atoms with Crippen molar-refractivity contribution >= 4 is 6.16 Å². The zero-order chi connectivity index (χ0) is 8.97. The molecule has 0 heterocycles. The van der Waals surface area contributed by atoms with Gasteiger partial charge >= 0.3 is 6.16 Å². The first-order valence-electron chi connectivity index (χ1n) is 4.17. The van der Waals surface area contributed by atoms with Crippen LogP contribution in [-0.2, 0) is 4.74 Å². The lowest BCUT2D eigenvalue weighted by Gasteiger charge is -1.96. The topological polar surface area (TPSA) is 46.5 Å². The van der Waals surface area contributed by atoms with Gasteiger partial charge in [0.05, 0.1) is 7.11 Å². The maximum Gasteiger partial charge on any atom is 0.505 e. The molecule has 0 radical (unpaired) electrons. The van der Waals surface area contributed by atoms with E-state index < -0.39 is 6.16 Å². The van der Waals surface area contributed by atoms with Crippen LogP contribution in [0.25, 0.3) is 0 Å². The molecular formula is C9H14O3. The highest BCUT2D eigenvalue weighted by Crippen LogP contribution is 2.38. The highest BCUT2D eigenvalue weighted by atomic mass is 16.6. The molecule has 0 aliphatic heterocycles. The molecule has 0 aromatic rings. The summed E-state index contributed by atoms with van der Waals surface area (Å²) in [5.41, 5.74) is 0. The first-order chi connectivity index (χ1) is 5.72. The molecule has 0 spiro atoms. The van der Waals surface area contributed by atoms with Crippen LogP contribution in [-0.4, -0.2) is 18.4 Å². The van der Waals surface area contributed by atoms with Crippen LogP contribution < -0.4 is 0 Å². The smallest absolute Gasteiger partial charge is 0.450 e. The minimum Gasteiger partial charge on any atom is -0.450 e. The third-order valence-electron chi connectivity index (χ3n) is 2.34. The van der Waals surface area contributed by atoms with Gasteiger partial charge in [-0.05, 0) is 31.1 Å². The molecule has 2 atom stereocenters. The molecule has 0 aromatic carbocycles. The van der Waals surface area contributed by atoms with Crippen molar-refractivity contribution in [2.75, 3.05) is 7.11 Å². The lowest BCUT2D eigenvalue weighted by atomic mass is 10.1. The Labute approximate surface area is 72.0 Å². The van der Waals surface area contributed by atoms with E-state index in [2.05, 4.69) is 16.9 Å². The van der Waals surface area contributed by atoms with Crippen LogP contribution in [0.2, 0.25) is 0 Å². The second-order valence-corrected chi connectivity index (χ2v) is 3.19. The molecule has 12 heavy (non-hydrogen) atoms. The number of methoxy groups -OCH3 is 1. The van der Waals surface area contributed by atoms with Gasteiger partial charge in [0.15, 0.2) is 0 Å². The average Bonchev–Trinajstić information content (AvgIpc) is 2.67. The normalized spacial score (nSPS) is 29.4. The summed E-state index contributed by atoms with van der Waals surface area (Å²) < 4.78 is 3.67. The van der Waals surface area contributed by atoms with Crippen LogP contribution in [0.1, 0.15) is 19.3 Å². The highest BCUT2D eigenvalue weighted by Gasteiger charge is 2.25. The molecule has 3 nitrogen and oxygen atoms in total. The SMILES string of the molecule is C1=CC2CCC1C2.COC(=O)O. The van der Waals surface area contributed by atoms with Crippen molar-refractivity contribution in [2.45, 2.75) is 19.3 Å². The van der Waals surface area contributed by atoms with E-state index >= 15 is 0 Å². The summed E-state index contributed by atoms with van der Waals surface area (Å²) >= 11 is 0. The molecule has 3 heteroatoms. The van der Waals surface area contributed by atoms with E-state index in [0.29, 0.717) is 0 Å². The predicted molar refractivity (Wildman–Crippen MR) is 45.0 cm³/mol. The van der Waals surface area contributed by atoms with E-state index in [-0.39, 0.29) is 0 Å². The van der Waals surface area contributed by atoms with Gasteiger partial charge in [-0.15, -0.1) is 0 Å². The first kappa shape index (κ1) is 9.10. The summed E-state index contributed by atoms with van der Waals surface area (Å²) in [4.78, 5) is 9.15. The second-order valence-electron chi connectivity index (χ2n) is 3.19. The molecule has 2 aliphatic rings. The number of allylic oxidation sites excluding steroid dienone is 2. The molecule has 2 aliphatic carbocycles. The second kappa shape index (κ2) is 4.14. The fourth-order valence-corrected chi connectivity index (χ4v) is 1.72. The zero-order valence-electron chi connectivity index (χ0n) is 7.19. The van der Waals surface area contributed by atoms with Gasteiger partial charge in [0, 0.05) is 0 Å². The number of fused-ring (bicyclic) bond motifs is 2. The van der Waals surface area contributed by atoms with Gasteiger partial charge in [-0.3, -0.25) is 0 Å². The number of carboxylic acid groups (broad SMARTS) is 1. The molecule has 0 saturated heterocycles. The van der Waals surface area contributed by atoms with Gasteiger partial charge in [0.1, 0.15) is 0 Å². The Morgan fingerprint density at radius 1 is 1.42 bits per heavy atom. The minimum atomic E-state index is -1.25. The van der Waals surface area contributed by atoms with Gasteiger partial charge in [-0.1, -0.05) is 12.2 Å². The van der Waals surface area contributed by atoms with E-state index in [1.807, 2.05) is 0 Å². The number of ether oxygens (including phenoxy) is 1. The van der Waals surface area contributed by atoms with E-state index in [1.165, 1.54) is 19.3 Å². The molecule has 1 fully saturated rings. The van der Waals surface area contributed by atoms with E-state index in [9.17, 15) is 0 Å². The summed E-state index contributed by atoms with van der Waals surface area (Å²) in [5, 5.41) is 7.50. The van der Waals surface area contributed by atoms with Gasteiger partial charge in [-0.2, -0.15) is 0 Å². The molecule has 68 valence electrons. The van der Waals surface area contributed by atoms with Crippen LogP contribution >= 0.6 is 0 Å². The van der Waals surface area contributed by atoms with Crippen LogP contribution in [0, 0.1) is 11.8 Å². The lowest BCUT2D eigenvalue weighted by molar-refractivity contribution is 0.114. The van der Waals surface area contributed by atoms with Crippen LogP contribution in [0.15, 0.2) is 12.2 Å². The summed E-state index contributed by atoms with van der Waals surface area (Å²) in [7, 11) is 1.10. The van der Waals surface area contributed by atoms with Crippen molar-refractivity contribution in [3.8, 4) is 0 Å². The molecule has 0 amide bonds. The van der Waals surface area contributed by atoms with Crippen molar-refractivity contribution in [2.24, 2.45) is 11.8 Å². The summed E-state index contributed by atoms with van der Waals surface area (Å²) in [6.45, 7) is 0. The number of hydrogen-bond acceptors (Lipinski definition) is 2. The summed E-state index contributed by atoms with van der Waals surface area (Å²) in [6.07, 6.45) is 7.94. The maximum atomic E-state index is 9.15. The van der Waals surface area contributed by atoms with E-state index in [4.69, 9.17) is 9.90 Å². The average molecular weight is 170 g/mol. The molecular weight excluding hydrogens is 156 g/mol. The highest BCUT2D eigenvalue weighted by molar-refractivity contribution is 5.56. The monoisotopic (exact) mass is 170 g/mol. The van der Waals surface area contributed by atoms with Gasteiger partial charge < -0.3 is 9.84 Å². The number of hydrogen-bond donors (Lipinski definition) is 1. The van der Waals surface area contributed by atoms with Crippen LogP contribution in [0.4, 0.5) is 4.79 Å². The van der Waals surface area contributed by atoms with Crippen LogP contribution in [0.5, 0.6) is 0 Å². The molecule has 2 rings (SSSR count). The van der Waals surface area contributed by atoms with Crippen molar-refractivity contribution in [1.82, 2.24) is 0 Å². The van der Waals surface area contributed by atoms with Gasteiger partial charge in [-0.25, -0.2) is 4.79 Å². The molecule has 1 saturated carbocycles. The molecule has 2 unspecified atom stereocenters. The van der Waals surface area contributed by atoms with E-state index in [0.717, 1.165) is 18.9 Å². The Morgan fingerprint density at radius 2 is 1.83 bits per heavy atom. The molecule has 1 N–H and O–H groups in total. The summed E-state index contributed by atoms with van der Waals surface area (Å²) in [6, 6.07) is 0. The first-order valence-corrected chi connectivity index (χ1v) is 4.17. The Morgan fingerprint density at radius 3 is 1.92 bits per heavy atom. The third kappa shape index (κ3) is 2.57. The predicted octanol–water partition coefficient (Wildman–Crippen LogP) is 2.28. The Bertz CT molecular complexity index is 174. The number of rotatable bonds is 0. The maximum absolute atomic E-state index is 9.15. The van der Waals surface area contributed by atoms with Gasteiger partial charge in [0.2, 0.25) is 0 Å². The Hall–Kier alpha value is -0.990. The number of carbonyl (C=O) groups is 1. The largest absolute Gasteiger partial charge is 0.505 e. The molecule has 0 aromatic heterocycles. The van der Waals surface area contributed by atoms with Crippen molar-refractivity contribution < 1.29 is 14.6 Å². The van der Waals surface area contributed by atoms with Crippen molar-refractivity contribution in [3.63, 3.8) is 0 Å². The Balaban J connectivity index is 0.000000130. The summed E-state index contributed by atoms with van der Waals surface area (Å²) in [5.74, 6) is 1.98. The standard InChI is InChI=1S/C7H10.C2H4O3/c1-2-7-4-3-6(1)5-7;1-5-2(3)4/h1-2,6-7H,3-5H2;1H3,(H,3,4). The molecule has 2 bridgehead atoms. The fourth-order valence-electron chi connectivity index (χ4n) is 1.72. The van der Waals surface area contributed by atoms with Crippen molar-refractivity contribution in [3.05, 3.63) is 12.2 Å². The van der Waals surface area contributed by atoms with Gasteiger partial charge in [0.25, 0.3) is 0 Å². The van der Waals surface area contributed by atoms with Crippen molar-refractivity contribution in [1.29, 1.82) is 0 Å². The van der Waals surface area contributed by atoms with E-state index in [1.54, 1.807) is 0 Å². The Kier molecular flexibility index (Phi) is 3.14. The van der Waals surface area contributed by atoms with Crippen LogP contribution in [0.3, 0.4) is 0 Å². The lowest BCUT2D eigenvalue weighted by Crippen LogP contribution is -1.91. The third-order valence-corrected chi connectivity index (χ3v) is 2.34. The minimum absolute atomic E-state index is 0.991. The quantitative estimate of drug-likeness (QED) is 0.448. The fraction of sp³-hybridized carbons (Fsp3) is 0.667.